The van der Waals surface area contributed by atoms with E-state index in [0.29, 0.717) is 13.1 Å². The van der Waals surface area contributed by atoms with E-state index in [1.807, 2.05) is 39.1 Å². The average molecular weight is 290 g/mol. The molecule has 0 spiro atoms. The second-order valence-electron chi connectivity index (χ2n) is 6.15. The summed E-state index contributed by atoms with van der Waals surface area (Å²) >= 11 is 0. The van der Waals surface area contributed by atoms with Gasteiger partial charge in [0.15, 0.2) is 0 Å². The Hall–Kier alpha value is -1.39. The fourth-order valence-corrected chi connectivity index (χ4v) is 3.15. The Balaban J connectivity index is 2.05. The third kappa shape index (κ3) is 3.44. The fourth-order valence-electron chi connectivity index (χ4n) is 3.15. The van der Waals surface area contributed by atoms with Crippen LogP contribution in [0.5, 0.6) is 0 Å². The van der Waals surface area contributed by atoms with Gasteiger partial charge in [-0.3, -0.25) is 4.79 Å². The zero-order valence-corrected chi connectivity index (χ0v) is 13.4. The molecule has 21 heavy (non-hydrogen) atoms. The summed E-state index contributed by atoms with van der Waals surface area (Å²) in [5, 5.41) is 0. The smallest absolute Gasteiger partial charge is 0.228 e. The molecule has 1 saturated heterocycles. The van der Waals surface area contributed by atoms with E-state index in [1.165, 1.54) is 0 Å². The lowest BCUT2D eigenvalue weighted by Gasteiger charge is -2.25. The van der Waals surface area contributed by atoms with Crippen molar-refractivity contribution in [2.75, 3.05) is 7.05 Å². The van der Waals surface area contributed by atoms with Crippen LogP contribution in [0.25, 0.3) is 0 Å². The summed E-state index contributed by atoms with van der Waals surface area (Å²) < 4.78 is 5.78. The maximum Gasteiger partial charge on any atom is 0.228 e. The van der Waals surface area contributed by atoms with Crippen LogP contribution in [0.3, 0.4) is 0 Å². The van der Waals surface area contributed by atoms with Gasteiger partial charge in [-0.1, -0.05) is 31.2 Å². The lowest BCUT2D eigenvalue weighted by Crippen LogP contribution is -2.38. The molecule has 0 radical (unpaired) electrons. The highest BCUT2D eigenvalue weighted by atomic mass is 16.5. The fraction of sp³-hybridized carbons (Fsp3) is 0.588. The lowest BCUT2D eigenvalue weighted by molar-refractivity contribution is -0.137. The van der Waals surface area contributed by atoms with Crippen LogP contribution < -0.4 is 5.73 Å². The molecule has 2 rings (SSSR count). The number of hydrogen-bond donors (Lipinski definition) is 1. The monoisotopic (exact) mass is 290 g/mol. The number of carbonyl (C=O) groups is 1. The minimum Gasteiger partial charge on any atom is -0.374 e. The lowest BCUT2D eigenvalue weighted by atomic mass is 9.88. The van der Waals surface area contributed by atoms with Gasteiger partial charge in [0.1, 0.15) is 0 Å². The Morgan fingerprint density at radius 3 is 2.48 bits per heavy atom. The summed E-state index contributed by atoms with van der Waals surface area (Å²) in [7, 11) is 1.86. The van der Waals surface area contributed by atoms with Crippen LogP contribution in [0.15, 0.2) is 24.3 Å². The second-order valence-corrected chi connectivity index (χ2v) is 6.15. The van der Waals surface area contributed by atoms with Crippen molar-refractivity contribution in [2.45, 2.75) is 46.1 Å². The van der Waals surface area contributed by atoms with Crippen LogP contribution in [0.2, 0.25) is 0 Å². The first-order chi connectivity index (χ1) is 9.93. The molecule has 0 aliphatic carbocycles. The van der Waals surface area contributed by atoms with Crippen LogP contribution in [0.4, 0.5) is 0 Å². The Kier molecular flexibility index (Phi) is 5.01. The molecule has 1 fully saturated rings. The molecule has 0 saturated carbocycles. The summed E-state index contributed by atoms with van der Waals surface area (Å²) in [4.78, 5) is 14.5. The molecule has 1 amide bonds. The minimum absolute atomic E-state index is 0.0136. The highest BCUT2D eigenvalue weighted by Gasteiger charge is 2.42. The molecule has 4 atom stereocenters. The normalized spacial score (nSPS) is 28.6. The number of nitrogens with two attached hydrogens (primary N) is 1. The SMILES string of the molecule is CC1OC(C)C(C(=O)N(C)Cc2cccc(CN)c2)C1C. The first-order valence-electron chi connectivity index (χ1n) is 7.62. The molecule has 4 heteroatoms. The number of carbonyl (C=O) groups excluding carboxylic acids is 1. The largest absolute Gasteiger partial charge is 0.374 e. The summed E-state index contributed by atoms with van der Waals surface area (Å²) in [5.74, 6) is 0.366. The van der Waals surface area contributed by atoms with Gasteiger partial charge in [-0.15, -0.1) is 0 Å². The van der Waals surface area contributed by atoms with Gasteiger partial charge in [-0.05, 0) is 30.9 Å². The Labute approximate surface area is 127 Å². The van der Waals surface area contributed by atoms with Gasteiger partial charge in [0.25, 0.3) is 0 Å². The molecule has 1 aromatic carbocycles. The van der Waals surface area contributed by atoms with Crippen LogP contribution in [0.1, 0.15) is 31.9 Å². The van der Waals surface area contributed by atoms with Crippen molar-refractivity contribution >= 4 is 5.91 Å². The van der Waals surface area contributed by atoms with Gasteiger partial charge < -0.3 is 15.4 Å². The molecule has 1 aliphatic rings. The zero-order chi connectivity index (χ0) is 15.6. The van der Waals surface area contributed by atoms with Gasteiger partial charge >= 0.3 is 0 Å². The van der Waals surface area contributed by atoms with E-state index in [9.17, 15) is 4.79 Å². The molecule has 4 nitrogen and oxygen atoms in total. The third-order valence-electron chi connectivity index (χ3n) is 4.55. The van der Waals surface area contributed by atoms with E-state index in [2.05, 4.69) is 13.0 Å². The molecule has 0 bridgehead atoms. The van der Waals surface area contributed by atoms with Gasteiger partial charge in [0.2, 0.25) is 5.91 Å². The molecular formula is C17H26N2O2. The summed E-state index contributed by atoms with van der Waals surface area (Å²) in [5.41, 5.74) is 7.87. The molecule has 1 aromatic rings. The number of ether oxygens (including phenoxy) is 1. The number of amides is 1. The van der Waals surface area contributed by atoms with E-state index in [0.717, 1.165) is 11.1 Å². The predicted molar refractivity (Wildman–Crippen MR) is 83.5 cm³/mol. The number of hydrogen-bond acceptors (Lipinski definition) is 3. The number of benzene rings is 1. The van der Waals surface area contributed by atoms with Crippen LogP contribution >= 0.6 is 0 Å². The maximum absolute atomic E-state index is 12.7. The Bertz CT molecular complexity index is 503. The molecule has 116 valence electrons. The molecule has 1 aliphatic heterocycles. The van der Waals surface area contributed by atoms with Crippen LogP contribution in [0, 0.1) is 11.8 Å². The van der Waals surface area contributed by atoms with Gasteiger partial charge in [0, 0.05) is 20.1 Å². The second kappa shape index (κ2) is 6.58. The Morgan fingerprint density at radius 2 is 1.90 bits per heavy atom. The number of rotatable bonds is 4. The van der Waals surface area contributed by atoms with Crippen molar-refractivity contribution in [3.8, 4) is 0 Å². The quantitative estimate of drug-likeness (QED) is 0.924. The number of nitrogens with zero attached hydrogens (tertiary/aromatic N) is 1. The summed E-state index contributed by atoms with van der Waals surface area (Å²) in [6.45, 7) is 7.26. The topological polar surface area (TPSA) is 55.6 Å². The van der Waals surface area contributed by atoms with Crippen molar-refractivity contribution < 1.29 is 9.53 Å². The molecule has 2 N–H and O–H groups in total. The van der Waals surface area contributed by atoms with Gasteiger partial charge in [-0.2, -0.15) is 0 Å². The highest BCUT2D eigenvalue weighted by Crippen LogP contribution is 2.33. The van der Waals surface area contributed by atoms with Gasteiger partial charge in [-0.25, -0.2) is 0 Å². The maximum atomic E-state index is 12.7. The third-order valence-corrected chi connectivity index (χ3v) is 4.55. The first kappa shape index (κ1) is 16.0. The first-order valence-corrected chi connectivity index (χ1v) is 7.62. The minimum atomic E-state index is -0.0531. The van der Waals surface area contributed by atoms with E-state index in [1.54, 1.807) is 4.90 Å². The molecular weight excluding hydrogens is 264 g/mol. The average Bonchev–Trinajstić information content (AvgIpc) is 2.71. The van der Waals surface area contributed by atoms with Crippen molar-refractivity contribution in [1.82, 2.24) is 4.90 Å². The zero-order valence-electron chi connectivity index (χ0n) is 13.4. The molecule has 0 aromatic heterocycles. The van der Waals surface area contributed by atoms with Crippen LogP contribution in [-0.4, -0.2) is 30.1 Å². The van der Waals surface area contributed by atoms with E-state index < -0.39 is 0 Å². The van der Waals surface area contributed by atoms with Crippen molar-refractivity contribution in [2.24, 2.45) is 17.6 Å². The van der Waals surface area contributed by atoms with Crippen molar-refractivity contribution in [3.05, 3.63) is 35.4 Å². The Morgan fingerprint density at radius 1 is 1.24 bits per heavy atom. The van der Waals surface area contributed by atoms with Gasteiger partial charge in [0.05, 0.1) is 18.1 Å². The van der Waals surface area contributed by atoms with E-state index in [4.69, 9.17) is 10.5 Å². The highest BCUT2D eigenvalue weighted by molar-refractivity contribution is 5.79. The standard InChI is InChI=1S/C17H26N2O2/c1-11-12(2)21-13(3)16(11)17(20)19(4)10-15-7-5-6-14(8-15)9-18/h5-8,11-13,16H,9-10,18H2,1-4H3. The predicted octanol–water partition coefficient (Wildman–Crippen LogP) is 2.16. The molecule has 1 heterocycles. The van der Waals surface area contributed by atoms with E-state index >= 15 is 0 Å². The van der Waals surface area contributed by atoms with Crippen molar-refractivity contribution in [3.63, 3.8) is 0 Å². The summed E-state index contributed by atoms with van der Waals surface area (Å²) in [6.07, 6.45) is 0.128. The van der Waals surface area contributed by atoms with Crippen LogP contribution in [-0.2, 0) is 22.6 Å². The summed E-state index contributed by atoms with van der Waals surface area (Å²) in [6, 6.07) is 8.08. The molecule has 4 unspecified atom stereocenters. The van der Waals surface area contributed by atoms with Crippen molar-refractivity contribution in [1.29, 1.82) is 0 Å². The van der Waals surface area contributed by atoms with E-state index in [-0.39, 0.29) is 30.0 Å².